The normalized spacial score (nSPS) is 12.7. The molecule has 3 nitrogen and oxygen atoms in total. The van der Waals surface area contributed by atoms with Crippen LogP contribution in [-0.4, -0.2) is 0 Å². The summed E-state index contributed by atoms with van der Waals surface area (Å²) in [5, 5.41) is 0.755. The molecule has 0 saturated carbocycles. The van der Waals surface area contributed by atoms with Crippen LogP contribution >= 0.6 is 0 Å². The Morgan fingerprint density at radius 2 is 1.90 bits per heavy atom. The van der Waals surface area contributed by atoms with Crippen LogP contribution in [0, 0.1) is 5.82 Å². The number of rotatable bonds is 5. The first-order valence-electron chi connectivity index (χ1n) is 6.95. The summed E-state index contributed by atoms with van der Waals surface area (Å²) in [6.07, 6.45) is 1.70. The Morgan fingerprint density at radius 1 is 1.10 bits per heavy atom. The third kappa shape index (κ3) is 3.12. The van der Waals surface area contributed by atoms with Gasteiger partial charge in [-0.05, 0) is 42.7 Å². The smallest absolute Gasteiger partial charge is 0.134 e. The number of hydrazine groups is 1. The molecular formula is C17H17FN2O. The Bertz CT molecular complexity index is 724. The van der Waals surface area contributed by atoms with Crippen LogP contribution in [0.5, 0.6) is 0 Å². The fourth-order valence-electron chi connectivity index (χ4n) is 2.47. The van der Waals surface area contributed by atoms with Crippen LogP contribution in [0.4, 0.5) is 4.39 Å². The highest BCUT2D eigenvalue weighted by Gasteiger charge is 2.15. The van der Waals surface area contributed by atoms with E-state index in [1.807, 2.05) is 24.3 Å². The first kappa shape index (κ1) is 13.8. The molecule has 0 spiro atoms. The second-order valence-corrected chi connectivity index (χ2v) is 5.07. The van der Waals surface area contributed by atoms with E-state index in [4.69, 9.17) is 10.3 Å². The summed E-state index contributed by atoms with van der Waals surface area (Å²) in [6, 6.07) is 16.4. The minimum absolute atomic E-state index is 0.0966. The molecule has 0 saturated heterocycles. The first-order chi connectivity index (χ1) is 10.3. The lowest BCUT2D eigenvalue weighted by atomic mass is 10.0. The SMILES string of the molecule is NNC(CCc1ccccc1)c1cc2cc(F)ccc2o1. The van der Waals surface area contributed by atoms with Crippen molar-refractivity contribution >= 4 is 11.0 Å². The van der Waals surface area contributed by atoms with Crippen LogP contribution in [0.3, 0.4) is 0 Å². The fourth-order valence-corrected chi connectivity index (χ4v) is 2.47. The molecule has 0 bridgehead atoms. The number of nitrogens with two attached hydrogens (primary N) is 1. The number of furan rings is 1. The first-order valence-corrected chi connectivity index (χ1v) is 6.95. The Morgan fingerprint density at radius 3 is 2.67 bits per heavy atom. The van der Waals surface area contributed by atoms with E-state index in [2.05, 4.69) is 17.6 Å². The van der Waals surface area contributed by atoms with E-state index in [-0.39, 0.29) is 11.9 Å². The van der Waals surface area contributed by atoms with E-state index in [0.717, 1.165) is 24.0 Å². The fraction of sp³-hybridized carbons (Fsp3) is 0.176. The van der Waals surface area contributed by atoms with Gasteiger partial charge in [-0.1, -0.05) is 30.3 Å². The maximum atomic E-state index is 13.2. The van der Waals surface area contributed by atoms with Crippen LogP contribution in [0.1, 0.15) is 23.8 Å². The Hall–Kier alpha value is -2.17. The largest absolute Gasteiger partial charge is 0.459 e. The van der Waals surface area contributed by atoms with Crippen molar-refractivity contribution < 1.29 is 8.81 Å². The second-order valence-electron chi connectivity index (χ2n) is 5.07. The lowest BCUT2D eigenvalue weighted by molar-refractivity contribution is 0.417. The number of hydrogen-bond acceptors (Lipinski definition) is 3. The van der Waals surface area contributed by atoms with Crippen LogP contribution < -0.4 is 11.3 Å². The highest BCUT2D eigenvalue weighted by molar-refractivity contribution is 5.78. The molecule has 0 amide bonds. The van der Waals surface area contributed by atoms with Crippen molar-refractivity contribution in [3.8, 4) is 0 Å². The van der Waals surface area contributed by atoms with Gasteiger partial charge >= 0.3 is 0 Å². The molecule has 1 atom stereocenters. The molecule has 3 rings (SSSR count). The Balaban J connectivity index is 1.78. The lowest BCUT2D eigenvalue weighted by Crippen LogP contribution is -2.28. The number of benzene rings is 2. The predicted octanol–water partition coefficient (Wildman–Crippen LogP) is 3.71. The zero-order valence-electron chi connectivity index (χ0n) is 11.6. The van der Waals surface area contributed by atoms with E-state index in [9.17, 15) is 4.39 Å². The number of halogens is 1. The molecule has 0 aliphatic rings. The summed E-state index contributed by atoms with van der Waals surface area (Å²) in [6.45, 7) is 0. The van der Waals surface area contributed by atoms with Gasteiger partial charge in [-0.25, -0.2) is 9.82 Å². The molecule has 1 aromatic heterocycles. The highest BCUT2D eigenvalue weighted by atomic mass is 19.1. The molecule has 0 radical (unpaired) electrons. The maximum absolute atomic E-state index is 13.2. The molecule has 1 unspecified atom stereocenters. The summed E-state index contributed by atoms with van der Waals surface area (Å²) in [4.78, 5) is 0. The third-order valence-corrected chi connectivity index (χ3v) is 3.61. The van der Waals surface area contributed by atoms with Gasteiger partial charge in [0.05, 0.1) is 6.04 Å². The van der Waals surface area contributed by atoms with Gasteiger partial charge in [0.15, 0.2) is 0 Å². The molecule has 2 aromatic carbocycles. The zero-order chi connectivity index (χ0) is 14.7. The zero-order valence-corrected chi connectivity index (χ0v) is 11.6. The number of nitrogens with one attached hydrogen (secondary N) is 1. The topological polar surface area (TPSA) is 51.2 Å². The van der Waals surface area contributed by atoms with Crippen molar-refractivity contribution in [2.24, 2.45) is 5.84 Å². The third-order valence-electron chi connectivity index (χ3n) is 3.61. The Labute approximate surface area is 122 Å². The lowest BCUT2D eigenvalue weighted by Gasteiger charge is -2.12. The van der Waals surface area contributed by atoms with Gasteiger partial charge in [-0.3, -0.25) is 5.84 Å². The van der Waals surface area contributed by atoms with Gasteiger partial charge in [-0.2, -0.15) is 0 Å². The van der Waals surface area contributed by atoms with E-state index in [0.29, 0.717) is 5.58 Å². The predicted molar refractivity (Wildman–Crippen MR) is 81.0 cm³/mol. The van der Waals surface area contributed by atoms with Crippen molar-refractivity contribution in [3.05, 3.63) is 71.7 Å². The van der Waals surface area contributed by atoms with Crippen molar-refractivity contribution in [2.75, 3.05) is 0 Å². The van der Waals surface area contributed by atoms with Crippen LogP contribution in [0.2, 0.25) is 0 Å². The van der Waals surface area contributed by atoms with E-state index >= 15 is 0 Å². The molecule has 108 valence electrons. The average Bonchev–Trinajstić information content (AvgIpc) is 2.92. The molecule has 1 heterocycles. The van der Waals surface area contributed by atoms with Crippen LogP contribution in [-0.2, 0) is 6.42 Å². The summed E-state index contributed by atoms with van der Waals surface area (Å²) < 4.78 is 19.0. The summed E-state index contributed by atoms with van der Waals surface area (Å²) in [5.74, 6) is 6.10. The molecule has 0 aliphatic heterocycles. The monoisotopic (exact) mass is 284 g/mol. The van der Waals surface area contributed by atoms with Gasteiger partial charge in [0.25, 0.3) is 0 Å². The van der Waals surface area contributed by atoms with Gasteiger partial charge in [-0.15, -0.1) is 0 Å². The Kier molecular flexibility index (Phi) is 3.99. The molecule has 3 N–H and O–H groups in total. The van der Waals surface area contributed by atoms with E-state index < -0.39 is 0 Å². The standard InChI is InChI=1S/C17H17FN2O/c18-14-7-9-16-13(10-14)11-17(21-16)15(20-19)8-6-12-4-2-1-3-5-12/h1-5,7,9-11,15,20H,6,8,19H2. The summed E-state index contributed by atoms with van der Waals surface area (Å²) in [7, 11) is 0. The van der Waals surface area contributed by atoms with Crippen molar-refractivity contribution in [3.63, 3.8) is 0 Å². The highest BCUT2D eigenvalue weighted by Crippen LogP contribution is 2.26. The molecule has 0 aliphatic carbocycles. The van der Waals surface area contributed by atoms with Gasteiger partial charge in [0, 0.05) is 5.39 Å². The molecule has 21 heavy (non-hydrogen) atoms. The van der Waals surface area contributed by atoms with Gasteiger partial charge in [0.2, 0.25) is 0 Å². The average molecular weight is 284 g/mol. The second kappa shape index (κ2) is 6.08. The summed E-state index contributed by atoms with van der Waals surface area (Å²) in [5.41, 5.74) is 4.70. The minimum Gasteiger partial charge on any atom is -0.459 e. The number of fused-ring (bicyclic) bond motifs is 1. The molecular weight excluding hydrogens is 267 g/mol. The minimum atomic E-state index is -0.267. The van der Waals surface area contributed by atoms with Crippen molar-refractivity contribution in [1.29, 1.82) is 0 Å². The molecule has 4 heteroatoms. The summed E-state index contributed by atoms with van der Waals surface area (Å²) >= 11 is 0. The van der Waals surface area contributed by atoms with Crippen molar-refractivity contribution in [1.82, 2.24) is 5.43 Å². The van der Waals surface area contributed by atoms with Gasteiger partial charge in [0.1, 0.15) is 17.2 Å². The molecule has 0 fully saturated rings. The maximum Gasteiger partial charge on any atom is 0.134 e. The van der Waals surface area contributed by atoms with Crippen LogP contribution in [0.15, 0.2) is 59.0 Å². The molecule has 3 aromatic rings. The van der Waals surface area contributed by atoms with Crippen molar-refractivity contribution in [2.45, 2.75) is 18.9 Å². The number of aryl methyl sites for hydroxylation is 1. The van der Waals surface area contributed by atoms with E-state index in [1.165, 1.54) is 17.7 Å². The van der Waals surface area contributed by atoms with E-state index in [1.54, 1.807) is 6.07 Å². The quantitative estimate of drug-likeness (QED) is 0.554. The van der Waals surface area contributed by atoms with Crippen LogP contribution in [0.25, 0.3) is 11.0 Å². The number of hydrogen-bond donors (Lipinski definition) is 2. The van der Waals surface area contributed by atoms with Gasteiger partial charge < -0.3 is 4.42 Å².